The number of halogens is 2. The van der Waals surface area contributed by atoms with Gasteiger partial charge in [0.15, 0.2) is 0 Å². The van der Waals surface area contributed by atoms with Gasteiger partial charge in [-0.1, -0.05) is 13.0 Å². The highest BCUT2D eigenvalue weighted by Gasteiger charge is 2.24. The SMILES string of the molecule is CCc1nc2ccc(C3=CCN(S(=O)(=O)CCCCl)CC3)cn2c1NCc1nc(-c2ccc(F)cc2)cs1. The summed E-state index contributed by atoms with van der Waals surface area (Å²) in [6.07, 6.45) is 5.95. The molecule has 0 unspecified atom stereocenters. The number of hydrogen-bond donors (Lipinski definition) is 1. The van der Waals surface area contributed by atoms with Crippen LogP contribution in [0, 0.1) is 5.82 Å². The number of hydrogen-bond acceptors (Lipinski definition) is 6. The average molecular weight is 574 g/mol. The van der Waals surface area contributed by atoms with Crippen LogP contribution in [-0.4, -0.2) is 51.8 Å². The van der Waals surface area contributed by atoms with Gasteiger partial charge in [-0.15, -0.1) is 22.9 Å². The molecule has 0 fully saturated rings. The van der Waals surface area contributed by atoms with Crippen molar-refractivity contribution in [2.45, 2.75) is 32.7 Å². The molecule has 1 aliphatic heterocycles. The zero-order chi connectivity index (χ0) is 26.7. The van der Waals surface area contributed by atoms with Crippen molar-refractivity contribution in [1.29, 1.82) is 0 Å². The van der Waals surface area contributed by atoms with E-state index in [-0.39, 0.29) is 11.6 Å². The van der Waals surface area contributed by atoms with Crippen LogP contribution < -0.4 is 5.32 Å². The fourth-order valence-corrected chi connectivity index (χ4v) is 7.03. The molecule has 1 N–H and O–H groups in total. The second kappa shape index (κ2) is 11.5. The van der Waals surface area contributed by atoms with E-state index in [1.807, 2.05) is 23.6 Å². The minimum Gasteiger partial charge on any atom is -0.363 e. The van der Waals surface area contributed by atoms with Gasteiger partial charge in [-0.05, 0) is 66.8 Å². The van der Waals surface area contributed by atoms with Crippen LogP contribution in [0.3, 0.4) is 0 Å². The number of imidazole rings is 1. The number of fused-ring (bicyclic) bond motifs is 1. The Hall–Kier alpha value is -2.79. The van der Waals surface area contributed by atoms with E-state index in [4.69, 9.17) is 21.6 Å². The van der Waals surface area contributed by atoms with Gasteiger partial charge in [0, 0.05) is 36.1 Å². The third kappa shape index (κ3) is 5.78. The van der Waals surface area contributed by atoms with Crippen LogP contribution in [0.15, 0.2) is 54.1 Å². The smallest absolute Gasteiger partial charge is 0.214 e. The van der Waals surface area contributed by atoms with Gasteiger partial charge in [0.1, 0.15) is 22.3 Å². The number of pyridine rings is 1. The minimum absolute atomic E-state index is 0.0833. The molecule has 0 amide bonds. The van der Waals surface area contributed by atoms with E-state index in [0.717, 1.165) is 51.0 Å². The number of aromatic nitrogens is 3. The van der Waals surface area contributed by atoms with Crippen molar-refractivity contribution in [3.05, 3.63) is 76.1 Å². The average Bonchev–Trinajstić information content (AvgIpc) is 3.55. The van der Waals surface area contributed by atoms with Gasteiger partial charge in [0.25, 0.3) is 0 Å². The molecule has 38 heavy (non-hydrogen) atoms. The lowest BCUT2D eigenvalue weighted by atomic mass is 10.0. The highest BCUT2D eigenvalue weighted by atomic mass is 35.5. The van der Waals surface area contributed by atoms with Crippen molar-refractivity contribution in [3.63, 3.8) is 0 Å². The quantitative estimate of drug-likeness (QED) is 0.242. The summed E-state index contributed by atoms with van der Waals surface area (Å²) in [6.45, 7) is 3.44. The second-order valence-corrected chi connectivity index (χ2v) is 12.5. The summed E-state index contributed by atoms with van der Waals surface area (Å²) in [5.41, 5.74) is 5.69. The number of rotatable bonds is 10. The molecular formula is C27H29ClFN5O2S2. The molecule has 200 valence electrons. The first-order chi connectivity index (χ1) is 18.4. The summed E-state index contributed by atoms with van der Waals surface area (Å²) < 4.78 is 41.9. The van der Waals surface area contributed by atoms with Crippen molar-refractivity contribution < 1.29 is 12.8 Å². The van der Waals surface area contributed by atoms with Crippen LogP contribution in [0.5, 0.6) is 0 Å². The molecule has 4 heterocycles. The van der Waals surface area contributed by atoms with Crippen LogP contribution in [0.1, 0.15) is 36.0 Å². The summed E-state index contributed by atoms with van der Waals surface area (Å²) in [6, 6.07) is 10.4. The molecular weight excluding hydrogens is 545 g/mol. The second-order valence-electron chi connectivity index (χ2n) is 9.09. The van der Waals surface area contributed by atoms with Gasteiger partial charge in [-0.2, -0.15) is 4.31 Å². The Morgan fingerprint density at radius 2 is 1.92 bits per heavy atom. The Morgan fingerprint density at radius 3 is 2.63 bits per heavy atom. The fraction of sp³-hybridized carbons (Fsp3) is 0.333. The molecule has 4 aromatic rings. The molecule has 0 bridgehead atoms. The fourth-order valence-electron chi connectivity index (χ4n) is 4.55. The molecule has 5 rings (SSSR count). The Labute approximate surface area is 231 Å². The van der Waals surface area contributed by atoms with E-state index in [1.165, 1.54) is 16.4 Å². The first-order valence-electron chi connectivity index (χ1n) is 12.6. The normalized spacial score (nSPS) is 14.7. The van der Waals surface area contributed by atoms with Crippen LogP contribution >= 0.6 is 22.9 Å². The topological polar surface area (TPSA) is 79.6 Å². The van der Waals surface area contributed by atoms with E-state index in [2.05, 4.69) is 22.8 Å². The number of aryl methyl sites for hydroxylation is 1. The van der Waals surface area contributed by atoms with Gasteiger partial charge in [-0.3, -0.25) is 4.40 Å². The number of sulfonamides is 1. The summed E-state index contributed by atoms with van der Waals surface area (Å²) in [4.78, 5) is 9.51. The number of benzene rings is 1. The van der Waals surface area contributed by atoms with Gasteiger partial charge >= 0.3 is 0 Å². The van der Waals surface area contributed by atoms with Gasteiger partial charge in [0.2, 0.25) is 10.0 Å². The number of nitrogens with one attached hydrogen (secondary N) is 1. The zero-order valence-corrected chi connectivity index (χ0v) is 23.4. The number of nitrogens with zero attached hydrogens (tertiary/aromatic N) is 4. The molecule has 0 radical (unpaired) electrons. The van der Waals surface area contributed by atoms with E-state index in [1.54, 1.807) is 23.5 Å². The molecule has 7 nitrogen and oxygen atoms in total. The van der Waals surface area contributed by atoms with E-state index in [9.17, 15) is 12.8 Å². The Balaban J connectivity index is 1.34. The highest BCUT2D eigenvalue weighted by Crippen LogP contribution is 2.28. The number of anilines is 1. The van der Waals surface area contributed by atoms with Gasteiger partial charge in [-0.25, -0.2) is 22.8 Å². The lowest BCUT2D eigenvalue weighted by Crippen LogP contribution is -2.36. The number of alkyl halides is 1. The molecule has 0 spiro atoms. The summed E-state index contributed by atoms with van der Waals surface area (Å²) >= 11 is 7.24. The van der Waals surface area contributed by atoms with Crippen molar-refractivity contribution in [3.8, 4) is 11.3 Å². The summed E-state index contributed by atoms with van der Waals surface area (Å²) in [5, 5.41) is 6.42. The molecule has 1 aliphatic rings. The molecule has 1 aromatic carbocycles. The van der Waals surface area contributed by atoms with Gasteiger partial charge < -0.3 is 5.32 Å². The van der Waals surface area contributed by atoms with E-state index >= 15 is 0 Å². The largest absolute Gasteiger partial charge is 0.363 e. The maximum absolute atomic E-state index is 13.3. The lowest BCUT2D eigenvalue weighted by Gasteiger charge is -2.26. The molecule has 0 atom stereocenters. The van der Waals surface area contributed by atoms with Crippen molar-refractivity contribution >= 4 is 50.0 Å². The van der Waals surface area contributed by atoms with E-state index < -0.39 is 10.0 Å². The van der Waals surface area contributed by atoms with Crippen molar-refractivity contribution in [2.24, 2.45) is 0 Å². The van der Waals surface area contributed by atoms with Crippen LogP contribution in [-0.2, 0) is 23.0 Å². The Bertz CT molecular complexity index is 1560. The molecule has 0 saturated carbocycles. The van der Waals surface area contributed by atoms with E-state index in [0.29, 0.717) is 38.4 Å². The standard InChI is InChI=1S/C27H29ClFN5O2S2/c1-2-23-27(30-16-26-32-24(18-37-26)20-4-7-22(29)8-5-20)34-17-21(6-9-25(34)31-23)19-10-13-33(14-11-19)38(35,36)15-3-12-28/h4-10,17-18,30H,2-3,11-16H2,1H3. The molecule has 0 aliphatic carbocycles. The summed E-state index contributed by atoms with van der Waals surface area (Å²) in [5.74, 6) is 1.08. The zero-order valence-electron chi connectivity index (χ0n) is 21.0. The maximum Gasteiger partial charge on any atom is 0.214 e. The van der Waals surface area contributed by atoms with Gasteiger partial charge in [0.05, 0.1) is 23.7 Å². The maximum atomic E-state index is 13.3. The Morgan fingerprint density at radius 1 is 1.13 bits per heavy atom. The van der Waals surface area contributed by atoms with Crippen LogP contribution in [0.4, 0.5) is 10.2 Å². The van der Waals surface area contributed by atoms with Crippen molar-refractivity contribution in [2.75, 3.05) is 30.0 Å². The van der Waals surface area contributed by atoms with Crippen molar-refractivity contribution in [1.82, 2.24) is 18.7 Å². The third-order valence-corrected chi connectivity index (χ3v) is 9.64. The molecule has 0 saturated heterocycles. The predicted octanol–water partition coefficient (Wildman–Crippen LogP) is 5.82. The first kappa shape index (κ1) is 26.8. The highest BCUT2D eigenvalue weighted by molar-refractivity contribution is 7.89. The minimum atomic E-state index is -3.29. The summed E-state index contributed by atoms with van der Waals surface area (Å²) in [7, 11) is -3.29. The molecule has 11 heteroatoms. The molecule has 3 aromatic heterocycles. The lowest BCUT2D eigenvalue weighted by molar-refractivity contribution is 0.440. The number of thiazole rings is 1. The monoisotopic (exact) mass is 573 g/mol. The first-order valence-corrected chi connectivity index (χ1v) is 15.6. The third-order valence-electron chi connectivity index (χ3n) is 6.60. The van der Waals surface area contributed by atoms with Crippen LogP contribution in [0.2, 0.25) is 0 Å². The van der Waals surface area contributed by atoms with Crippen LogP contribution in [0.25, 0.3) is 22.5 Å². The Kier molecular flexibility index (Phi) is 8.13. The predicted molar refractivity (Wildman–Crippen MR) is 153 cm³/mol.